The Morgan fingerprint density at radius 2 is 1.90 bits per heavy atom. The van der Waals surface area contributed by atoms with E-state index in [0.717, 1.165) is 23.1 Å². The van der Waals surface area contributed by atoms with Crippen LogP contribution in [0, 0.1) is 0 Å². The zero-order valence-electron chi connectivity index (χ0n) is 11.2. The number of imidazole rings is 1. The number of hydrogen-bond donors (Lipinski definition) is 1. The lowest BCUT2D eigenvalue weighted by Crippen LogP contribution is -1.93. The van der Waals surface area contributed by atoms with Gasteiger partial charge < -0.3 is 9.67 Å². The molecule has 100 valence electrons. The average Bonchev–Trinajstić information content (AvgIpc) is 2.84. The highest BCUT2D eigenvalue weighted by molar-refractivity contribution is 5.83. The summed E-state index contributed by atoms with van der Waals surface area (Å²) in [6.45, 7) is 2.90. The number of nitrogens with zero attached hydrogens (tertiary/aromatic N) is 3. The van der Waals surface area contributed by atoms with Crippen molar-refractivity contribution >= 4 is 23.2 Å². The molecule has 0 atom stereocenters. The van der Waals surface area contributed by atoms with Gasteiger partial charge in [-0.3, -0.25) is 0 Å². The zero-order valence-corrected chi connectivity index (χ0v) is 11.2. The number of aromatic hydroxyl groups is 1. The summed E-state index contributed by atoms with van der Waals surface area (Å²) in [5.41, 5.74) is 2.97. The van der Waals surface area contributed by atoms with Crippen molar-refractivity contribution in [1.29, 1.82) is 0 Å². The second-order valence-corrected chi connectivity index (χ2v) is 4.49. The first-order chi connectivity index (χ1) is 9.78. The van der Waals surface area contributed by atoms with Crippen molar-refractivity contribution in [2.75, 3.05) is 0 Å². The highest BCUT2D eigenvalue weighted by atomic mass is 16.3. The van der Waals surface area contributed by atoms with Gasteiger partial charge in [0.1, 0.15) is 5.75 Å². The molecule has 0 bridgehead atoms. The van der Waals surface area contributed by atoms with E-state index in [4.69, 9.17) is 0 Å². The Hall–Kier alpha value is -2.62. The third-order valence-electron chi connectivity index (χ3n) is 3.17. The van der Waals surface area contributed by atoms with Crippen molar-refractivity contribution in [2.45, 2.75) is 13.5 Å². The molecule has 2 aromatic carbocycles. The first kappa shape index (κ1) is 12.4. The Morgan fingerprint density at radius 3 is 2.65 bits per heavy atom. The fourth-order valence-corrected chi connectivity index (χ4v) is 2.17. The van der Waals surface area contributed by atoms with Crippen LogP contribution in [0.4, 0.5) is 5.95 Å². The van der Waals surface area contributed by atoms with E-state index in [9.17, 15) is 5.11 Å². The molecule has 1 heterocycles. The summed E-state index contributed by atoms with van der Waals surface area (Å²) in [5, 5.41) is 9.26. The molecule has 1 N–H and O–H groups in total. The van der Waals surface area contributed by atoms with Gasteiger partial charge in [0, 0.05) is 12.8 Å². The summed E-state index contributed by atoms with van der Waals surface area (Å²) in [6, 6.07) is 14.9. The van der Waals surface area contributed by atoms with Gasteiger partial charge in [0.25, 0.3) is 0 Å². The van der Waals surface area contributed by atoms with Crippen molar-refractivity contribution < 1.29 is 5.11 Å². The number of fused-ring (bicyclic) bond motifs is 1. The first-order valence-corrected chi connectivity index (χ1v) is 6.56. The SMILES string of the molecule is CCn1c(N=Cc2ccc(O)cc2)nc2ccccc21. The van der Waals surface area contributed by atoms with Crippen molar-refractivity contribution in [1.82, 2.24) is 9.55 Å². The van der Waals surface area contributed by atoms with Gasteiger partial charge in [0.2, 0.25) is 5.95 Å². The minimum Gasteiger partial charge on any atom is -0.508 e. The Morgan fingerprint density at radius 1 is 1.15 bits per heavy atom. The summed E-state index contributed by atoms with van der Waals surface area (Å²) in [7, 11) is 0. The molecule has 0 amide bonds. The summed E-state index contributed by atoms with van der Waals surface area (Å²) in [6.07, 6.45) is 1.76. The molecule has 3 aromatic rings. The van der Waals surface area contributed by atoms with Crippen LogP contribution in [-0.2, 0) is 6.54 Å². The normalized spacial score (nSPS) is 11.4. The molecule has 0 aliphatic carbocycles. The smallest absolute Gasteiger partial charge is 0.230 e. The molecule has 0 radical (unpaired) electrons. The number of aryl methyl sites for hydroxylation is 1. The first-order valence-electron chi connectivity index (χ1n) is 6.56. The molecule has 1 aromatic heterocycles. The fourth-order valence-electron chi connectivity index (χ4n) is 2.17. The quantitative estimate of drug-likeness (QED) is 0.737. The van der Waals surface area contributed by atoms with Crippen LogP contribution >= 0.6 is 0 Å². The van der Waals surface area contributed by atoms with E-state index in [0.29, 0.717) is 5.95 Å². The molecule has 4 heteroatoms. The lowest BCUT2D eigenvalue weighted by molar-refractivity contribution is 0.475. The summed E-state index contributed by atoms with van der Waals surface area (Å²) in [5.74, 6) is 0.949. The van der Waals surface area contributed by atoms with Crippen LogP contribution < -0.4 is 0 Å². The number of rotatable bonds is 3. The maximum absolute atomic E-state index is 9.26. The molecule has 0 aliphatic rings. The van der Waals surface area contributed by atoms with Crippen molar-refractivity contribution in [3.63, 3.8) is 0 Å². The molecular formula is C16H15N3O. The molecular weight excluding hydrogens is 250 g/mol. The maximum atomic E-state index is 9.26. The number of aromatic nitrogens is 2. The predicted molar refractivity (Wildman–Crippen MR) is 80.8 cm³/mol. The molecule has 4 nitrogen and oxygen atoms in total. The molecule has 0 unspecified atom stereocenters. The van der Waals surface area contributed by atoms with Gasteiger partial charge in [-0.1, -0.05) is 12.1 Å². The molecule has 20 heavy (non-hydrogen) atoms. The number of para-hydroxylation sites is 2. The van der Waals surface area contributed by atoms with E-state index in [1.165, 1.54) is 0 Å². The van der Waals surface area contributed by atoms with Crippen LogP contribution in [0.25, 0.3) is 11.0 Å². The van der Waals surface area contributed by atoms with Gasteiger partial charge in [0.15, 0.2) is 0 Å². The van der Waals surface area contributed by atoms with Crippen LogP contribution in [-0.4, -0.2) is 20.9 Å². The Bertz CT molecular complexity index is 757. The zero-order chi connectivity index (χ0) is 13.9. The topological polar surface area (TPSA) is 50.4 Å². The van der Waals surface area contributed by atoms with Gasteiger partial charge in [-0.15, -0.1) is 0 Å². The summed E-state index contributed by atoms with van der Waals surface area (Å²) in [4.78, 5) is 8.99. The minimum atomic E-state index is 0.253. The third kappa shape index (κ3) is 2.28. The molecule has 0 saturated carbocycles. The lowest BCUT2D eigenvalue weighted by atomic mass is 10.2. The van der Waals surface area contributed by atoms with Crippen LogP contribution in [0.3, 0.4) is 0 Å². The van der Waals surface area contributed by atoms with Gasteiger partial charge in [-0.25, -0.2) is 9.98 Å². The van der Waals surface area contributed by atoms with E-state index < -0.39 is 0 Å². The minimum absolute atomic E-state index is 0.253. The largest absolute Gasteiger partial charge is 0.508 e. The molecule has 0 aliphatic heterocycles. The van der Waals surface area contributed by atoms with Crippen LogP contribution in [0.15, 0.2) is 53.5 Å². The number of aliphatic imine (C=N–C) groups is 1. The summed E-state index contributed by atoms with van der Waals surface area (Å²) < 4.78 is 2.08. The molecule has 0 spiro atoms. The monoisotopic (exact) mass is 265 g/mol. The Balaban J connectivity index is 1.99. The van der Waals surface area contributed by atoms with Crippen LogP contribution in [0.5, 0.6) is 5.75 Å². The number of phenolic OH excluding ortho intramolecular Hbond substituents is 1. The lowest BCUT2D eigenvalue weighted by Gasteiger charge is -2.01. The second kappa shape index (κ2) is 5.17. The van der Waals surface area contributed by atoms with Crippen LogP contribution in [0.2, 0.25) is 0 Å². The van der Waals surface area contributed by atoms with Crippen molar-refractivity contribution in [3.8, 4) is 5.75 Å². The second-order valence-electron chi connectivity index (χ2n) is 4.49. The Kier molecular flexibility index (Phi) is 3.21. The number of benzene rings is 2. The highest BCUT2D eigenvalue weighted by Gasteiger charge is 2.06. The third-order valence-corrected chi connectivity index (χ3v) is 3.17. The Labute approximate surface area is 117 Å². The van der Waals surface area contributed by atoms with E-state index in [1.54, 1.807) is 18.3 Å². The van der Waals surface area contributed by atoms with Gasteiger partial charge in [-0.2, -0.15) is 0 Å². The highest BCUT2D eigenvalue weighted by Crippen LogP contribution is 2.21. The predicted octanol–water partition coefficient (Wildman–Crippen LogP) is 3.51. The van der Waals surface area contributed by atoms with Gasteiger partial charge in [-0.05, 0) is 48.9 Å². The molecule has 3 rings (SSSR count). The standard InChI is InChI=1S/C16H15N3O/c1-2-19-15-6-4-3-5-14(15)18-16(19)17-11-12-7-9-13(20)10-8-12/h3-11,20H,2H2,1H3. The van der Waals surface area contributed by atoms with Gasteiger partial charge in [0.05, 0.1) is 11.0 Å². The molecule has 0 fully saturated rings. The maximum Gasteiger partial charge on any atom is 0.230 e. The molecule has 0 saturated heterocycles. The van der Waals surface area contributed by atoms with E-state index >= 15 is 0 Å². The average molecular weight is 265 g/mol. The number of phenols is 1. The van der Waals surface area contributed by atoms with Crippen molar-refractivity contribution in [2.24, 2.45) is 4.99 Å². The fraction of sp³-hybridized carbons (Fsp3) is 0.125. The van der Waals surface area contributed by atoms with Crippen molar-refractivity contribution in [3.05, 3.63) is 54.1 Å². The van der Waals surface area contributed by atoms with Gasteiger partial charge >= 0.3 is 0 Å². The van der Waals surface area contributed by atoms with E-state index in [-0.39, 0.29) is 5.75 Å². The number of hydrogen-bond acceptors (Lipinski definition) is 3. The van der Waals surface area contributed by atoms with E-state index in [2.05, 4.69) is 21.5 Å². The summed E-state index contributed by atoms with van der Waals surface area (Å²) >= 11 is 0. The van der Waals surface area contributed by atoms with Crippen LogP contribution in [0.1, 0.15) is 12.5 Å². The van der Waals surface area contributed by atoms with E-state index in [1.807, 2.05) is 36.4 Å².